The lowest BCUT2D eigenvalue weighted by atomic mass is 10.0. The highest BCUT2D eigenvalue weighted by Crippen LogP contribution is 2.09. The number of hydrogen-bond acceptors (Lipinski definition) is 2. The van der Waals surface area contributed by atoms with Gasteiger partial charge < -0.3 is 11.1 Å². The van der Waals surface area contributed by atoms with E-state index in [0.717, 1.165) is 24.8 Å². The monoisotopic (exact) mass is 228 g/mol. The first kappa shape index (κ1) is 15.9. The quantitative estimate of drug-likeness (QED) is 0.603. The molecule has 0 amide bonds. The highest BCUT2D eigenvalue weighted by atomic mass is 14.9. The first-order valence-electron chi connectivity index (χ1n) is 7.06. The van der Waals surface area contributed by atoms with E-state index in [2.05, 4.69) is 33.0 Å². The molecule has 0 aromatic carbocycles. The fourth-order valence-corrected chi connectivity index (χ4v) is 2.00. The Bertz CT molecular complexity index is 142. The molecule has 2 unspecified atom stereocenters. The Morgan fingerprint density at radius 1 is 1.00 bits per heavy atom. The Morgan fingerprint density at radius 2 is 1.62 bits per heavy atom. The van der Waals surface area contributed by atoms with Gasteiger partial charge in [0.25, 0.3) is 0 Å². The van der Waals surface area contributed by atoms with Crippen LogP contribution in [-0.2, 0) is 0 Å². The molecule has 0 saturated heterocycles. The van der Waals surface area contributed by atoms with Crippen LogP contribution >= 0.6 is 0 Å². The van der Waals surface area contributed by atoms with Gasteiger partial charge in [0.15, 0.2) is 0 Å². The Kier molecular flexibility index (Phi) is 10.0. The van der Waals surface area contributed by atoms with Crippen LogP contribution < -0.4 is 11.1 Å². The predicted octanol–water partition coefficient (Wildman–Crippen LogP) is 3.17. The summed E-state index contributed by atoms with van der Waals surface area (Å²) in [6, 6.07) is 0.365. The summed E-state index contributed by atoms with van der Waals surface area (Å²) in [6.07, 6.45) is 6.32. The fourth-order valence-electron chi connectivity index (χ4n) is 2.00. The molecule has 0 aliphatic carbocycles. The lowest BCUT2D eigenvalue weighted by Crippen LogP contribution is -2.27. The second kappa shape index (κ2) is 10.1. The lowest BCUT2D eigenvalue weighted by Gasteiger charge is -2.17. The summed E-state index contributed by atoms with van der Waals surface area (Å²) in [4.78, 5) is 0. The van der Waals surface area contributed by atoms with Crippen LogP contribution in [0.25, 0.3) is 0 Å². The van der Waals surface area contributed by atoms with Crippen LogP contribution in [0.4, 0.5) is 0 Å². The molecule has 0 radical (unpaired) electrons. The Hall–Kier alpha value is -0.0800. The van der Waals surface area contributed by atoms with E-state index in [9.17, 15) is 0 Å². The molecule has 0 aliphatic heterocycles. The Morgan fingerprint density at radius 3 is 2.12 bits per heavy atom. The van der Waals surface area contributed by atoms with E-state index in [-0.39, 0.29) is 0 Å². The summed E-state index contributed by atoms with van der Waals surface area (Å²) in [5.74, 6) is 1.64. The molecule has 2 heteroatoms. The maximum atomic E-state index is 5.74. The molecule has 0 heterocycles. The molecule has 2 nitrogen and oxygen atoms in total. The second-order valence-corrected chi connectivity index (χ2v) is 5.35. The highest BCUT2D eigenvalue weighted by molar-refractivity contribution is 4.63. The van der Waals surface area contributed by atoms with Crippen LogP contribution in [0.15, 0.2) is 0 Å². The average Bonchev–Trinajstić information content (AvgIpc) is 2.24. The van der Waals surface area contributed by atoms with Gasteiger partial charge >= 0.3 is 0 Å². The van der Waals surface area contributed by atoms with Crippen molar-refractivity contribution in [3.05, 3.63) is 0 Å². The van der Waals surface area contributed by atoms with Gasteiger partial charge in [-0.3, -0.25) is 0 Å². The van der Waals surface area contributed by atoms with Gasteiger partial charge in [0.1, 0.15) is 0 Å². The van der Waals surface area contributed by atoms with Crippen LogP contribution in [0, 0.1) is 11.8 Å². The zero-order chi connectivity index (χ0) is 12.4. The van der Waals surface area contributed by atoms with Crippen molar-refractivity contribution < 1.29 is 0 Å². The van der Waals surface area contributed by atoms with Crippen LogP contribution in [0.1, 0.15) is 59.8 Å². The van der Waals surface area contributed by atoms with Crippen molar-refractivity contribution in [2.24, 2.45) is 17.6 Å². The first-order valence-corrected chi connectivity index (χ1v) is 7.06. The summed E-state index contributed by atoms with van der Waals surface area (Å²) < 4.78 is 0. The van der Waals surface area contributed by atoms with Crippen molar-refractivity contribution in [1.29, 1.82) is 0 Å². The van der Waals surface area contributed by atoms with Crippen molar-refractivity contribution in [2.75, 3.05) is 13.1 Å². The maximum Gasteiger partial charge on any atom is 0.00104 e. The highest BCUT2D eigenvalue weighted by Gasteiger charge is 2.05. The van der Waals surface area contributed by atoms with Crippen LogP contribution in [0.2, 0.25) is 0 Å². The van der Waals surface area contributed by atoms with Gasteiger partial charge in [-0.05, 0) is 44.7 Å². The van der Waals surface area contributed by atoms with Gasteiger partial charge in [-0.15, -0.1) is 0 Å². The molecule has 0 spiro atoms. The van der Waals surface area contributed by atoms with E-state index in [4.69, 9.17) is 5.73 Å². The molecule has 0 aliphatic rings. The van der Waals surface area contributed by atoms with Crippen molar-refractivity contribution >= 4 is 0 Å². The predicted molar refractivity (Wildman–Crippen MR) is 73.6 cm³/mol. The molecular weight excluding hydrogens is 196 g/mol. The maximum absolute atomic E-state index is 5.74. The van der Waals surface area contributed by atoms with Crippen LogP contribution in [0.5, 0.6) is 0 Å². The third-order valence-corrected chi connectivity index (χ3v) is 3.44. The minimum atomic E-state index is 0.365. The topological polar surface area (TPSA) is 38.0 Å². The summed E-state index contributed by atoms with van der Waals surface area (Å²) in [6.45, 7) is 11.3. The number of nitrogens with one attached hydrogen (secondary N) is 1. The molecule has 3 N–H and O–H groups in total. The average molecular weight is 228 g/mol. The van der Waals surface area contributed by atoms with Crippen molar-refractivity contribution in [3.8, 4) is 0 Å². The first-order chi connectivity index (χ1) is 7.60. The van der Waals surface area contributed by atoms with E-state index in [1.54, 1.807) is 0 Å². The van der Waals surface area contributed by atoms with Crippen molar-refractivity contribution in [3.63, 3.8) is 0 Å². The summed E-state index contributed by atoms with van der Waals surface area (Å²) >= 11 is 0. The second-order valence-electron chi connectivity index (χ2n) is 5.35. The minimum absolute atomic E-state index is 0.365. The van der Waals surface area contributed by atoms with Gasteiger partial charge in [-0.2, -0.15) is 0 Å². The van der Waals surface area contributed by atoms with Gasteiger partial charge in [0, 0.05) is 6.04 Å². The number of hydrogen-bond donors (Lipinski definition) is 2. The third-order valence-electron chi connectivity index (χ3n) is 3.44. The molecule has 2 atom stereocenters. The molecule has 16 heavy (non-hydrogen) atoms. The van der Waals surface area contributed by atoms with Gasteiger partial charge in [-0.25, -0.2) is 0 Å². The van der Waals surface area contributed by atoms with Crippen molar-refractivity contribution in [1.82, 2.24) is 5.32 Å². The SMILES string of the molecule is CCC(CC)CNCC(C)CCCC(C)N. The smallest absolute Gasteiger partial charge is 0.00104 e. The van der Waals surface area contributed by atoms with E-state index < -0.39 is 0 Å². The minimum Gasteiger partial charge on any atom is -0.328 e. The molecule has 0 rings (SSSR count). The largest absolute Gasteiger partial charge is 0.328 e. The van der Waals surface area contributed by atoms with E-state index >= 15 is 0 Å². The van der Waals surface area contributed by atoms with Gasteiger partial charge in [0.2, 0.25) is 0 Å². The Labute approximate surface area is 102 Å². The van der Waals surface area contributed by atoms with Crippen LogP contribution in [-0.4, -0.2) is 19.1 Å². The fraction of sp³-hybridized carbons (Fsp3) is 1.00. The van der Waals surface area contributed by atoms with E-state index in [1.807, 2.05) is 0 Å². The molecular formula is C14H32N2. The van der Waals surface area contributed by atoms with Crippen LogP contribution in [0.3, 0.4) is 0 Å². The summed E-state index contributed by atoms with van der Waals surface area (Å²) in [7, 11) is 0. The number of nitrogens with two attached hydrogens (primary N) is 1. The van der Waals surface area contributed by atoms with Gasteiger partial charge in [0.05, 0.1) is 0 Å². The Balaban J connectivity index is 3.39. The molecule has 0 fully saturated rings. The van der Waals surface area contributed by atoms with E-state index in [1.165, 1.54) is 32.2 Å². The normalized spacial score (nSPS) is 15.4. The van der Waals surface area contributed by atoms with E-state index in [0.29, 0.717) is 6.04 Å². The summed E-state index contributed by atoms with van der Waals surface area (Å²) in [5, 5.41) is 3.59. The zero-order valence-electron chi connectivity index (χ0n) is 11.8. The van der Waals surface area contributed by atoms with Crippen molar-refractivity contribution in [2.45, 2.75) is 65.8 Å². The molecule has 0 saturated carbocycles. The van der Waals surface area contributed by atoms with Gasteiger partial charge in [-0.1, -0.05) is 40.0 Å². The standard InChI is InChI=1S/C14H32N2/c1-5-14(6-2)11-16-10-12(3)8-7-9-13(4)15/h12-14,16H,5-11,15H2,1-4H3. The molecule has 98 valence electrons. The number of rotatable bonds is 10. The molecule has 0 aromatic rings. The zero-order valence-corrected chi connectivity index (χ0v) is 11.8. The molecule has 0 aromatic heterocycles. The lowest BCUT2D eigenvalue weighted by molar-refractivity contribution is 0.401. The third kappa shape index (κ3) is 9.17. The summed E-state index contributed by atoms with van der Waals surface area (Å²) in [5.41, 5.74) is 5.74. The molecule has 0 bridgehead atoms.